The van der Waals surface area contributed by atoms with Gasteiger partial charge in [0.25, 0.3) is 0 Å². The predicted molar refractivity (Wildman–Crippen MR) is 118 cm³/mol. The van der Waals surface area contributed by atoms with Crippen LogP contribution in [0.2, 0.25) is 5.02 Å². The molecule has 0 aliphatic carbocycles. The smallest absolute Gasteiger partial charge is 0.128 e. The number of fused-ring (bicyclic) bond motifs is 1. The van der Waals surface area contributed by atoms with E-state index >= 15 is 0 Å². The fourth-order valence-corrected chi connectivity index (χ4v) is 3.32. The number of halogens is 1. The molecule has 2 nitrogen and oxygen atoms in total. The summed E-state index contributed by atoms with van der Waals surface area (Å²) >= 11 is 6.10. The van der Waals surface area contributed by atoms with Crippen LogP contribution in [0.25, 0.3) is 10.8 Å². The summed E-state index contributed by atoms with van der Waals surface area (Å²) in [6.45, 7) is 2.52. The van der Waals surface area contributed by atoms with E-state index in [-0.39, 0.29) is 0 Å². The molecule has 3 heteroatoms. The molecule has 0 amide bonds. The molecule has 138 valence electrons. The highest BCUT2D eigenvalue weighted by Gasteiger charge is 2.05. The quantitative estimate of drug-likeness (QED) is 0.335. The van der Waals surface area contributed by atoms with Crippen LogP contribution in [0, 0.1) is 6.92 Å². The molecule has 4 aromatic carbocycles. The molecule has 0 unspecified atom stereocenters. The standard InChI is InChI=1S/C25H20ClNO/c1-18-13-14-22(26)15-24(18)27-16-20-8-3-5-12-25(20)28-17-21-10-6-9-19-7-2-4-11-23(19)21/h2-16H,17H2,1H3. The zero-order valence-electron chi connectivity index (χ0n) is 15.6. The van der Waals surface area contributed by atoms with Gasteiger partial charge in [-0.15, -0.1) is 0 Å². The van der Waals surface area contributed by atoms with Gasteiger partial charge < -0.3 is 4.74 Å². The summed E-state index contributed by atoms with van der Waals surface area (Å²) < 4.78 is 6.16. The molecule has 0 bridgehead atoms. The average Bonchev–Trinajstić information content (AvgIpc) is 2.73. The summed E-state index contributed by atoms with van der Waals surface area (Å²) in [5, 5.41) is 3.11. The number of nitrogens with zero attached hydrogens (tertiary/aromatic N) is 1. The Labute approximate surface area is 170 Å². The molecule has 0 saturated heterocycles. The van der Waals surface area contributed by atoms with Gasteiger partial charge in [-0.2, -0.15) is 0 Å². The number of aryl methyl sites for hydroxylation is 1. The lowest BCUT2D eigenvalue weighted by Crippen LogP contribution is -1.99. The van der Waals surface area contributed by atoms with Crippen molar-refractivity contribution in [3.05, 3.63) is 107 Å². The highest BCUT2D eigenvalue weighted by atomic mass is 35.5. The Kier molecular flexibility index (Phi) is 5.41. The summed E-state index contributed by atoms with van der Waals surface area (Å²) in [7, 11) is 0. The van der Waals surface area contributed by atoms with Crippen LogP contribution in [0.1, 0.15) is 16.7 Å². The van der Waals surface area contributed by atoms with Gasteiger partial charge in [-0.3, -0.25) is 4.99 Å². The molecule has 0 N–H and O–H groups in total. The molecule has 28 heavy (non-hydrogen) atoms. The van der Waals surface area contributed by atoms with E-state index in [2.05, 4.69) is 47.5 Å². The lowest BCUT2D eigenvalue weighted by atomic mass is 10.1. The first-order chi connectivity index (χ1) is 13.7. The minimum atomic E-state index is 0.502. The van der Waals surface area contributed by atoms with Gasteiger partial charge in [0.2, 0.25) is 0 Å². The Balaban J connectivity index is 1.58. The average molecular weight is 386 g/mol. The van der Waals surface area contributed by atoms with E-state index in [0.717, 1.165) is 28.1 Å². The molecule has 0 radical (unpaired) electrons. The first-order valence-electron chi connectivity index (χ1n) is 9.19. The predicted octanol–water partition coefficient (Wildman–Crippen LogP) is 7.13. The fourth-order valence-electron chi connectivity index (χ4n) is 3.15. The fraction of sp³-hybridized carbons (Fsp3) is 0.0800. The van der Waals surface area contributed by atoms with Gasteiger partial charge in [-0.05, 0) is 53.1 Å². The van der Waals surface area contributed by atoms with Crippen molar-refractivity contribution in [2.75, 3.05) is 0 Å². The van der Waals surface area contributed by atoms with Gasteiger partial charge in [0.05, 0.1) is 5.69 Å². The molecule has 0 aromatic heterocycles. The first kappa shape index (κ1) is 18.3. The maximum absolute atomic E-state index is 6.16. The second-order valence-electron chi connectivity index (χ2n) is 6.65. The van der Waals surface area contributed by atoms with Gasteiger partial charge in [0.1, 0.15) is 12.4 Å². The maximum Gasteiger partial charge on any atom is 0.128 e. The molecule has 0 saturated carbocycles. The lowest BCUT2D eigenvalue weighted by molar-refractivity contribution is 0.307. The van der Waals surface area contributed by atoms with Gasteiger partial charge in [-0.1, -0.05) is 72.3 Å². The van der Waals surface area contributed by atoms with E-state index < -0.39 is 0 Å². The lowest BCUT2D eigenvalue weighted by Gasteiger charge is -2.11. The number of hydrogen-bond acceptors (Lipinski definition) is 2. The van der Waals surface area contributed by atoms with E-state index in [0.29, 0.717) is 11.6 Å². The summed E-state index contributed by atoms with van der Waals surface area (Å²) in [4.78, 5) is 4.61. The Morgan fingerprint density at radius 1 is 0.893 bits per heavy atom. The Morgan fingerprint density at radius 2 is 1.68 bits per heavy atom. The summed E-state index contributed by atoms with van der Waals surface area (Å²) in [5.74, 6) is 0.805. The zero-order valence-corrected chi connectivity index (χ0v) is 16.4. The number of ether oxygens (including phenoxy) is 1. The van der Waals surface area contributed by atoms with Crippen molar-refractivity contribution >= 4 is 34.3 Å². The van der Waals surface area contributed by atoms with Crippen LogP contribution in [0.3, 0.4) is 0 Å². The van der Waals surface area contributed by atoms with Crippen molar-refractivity contribution in [1.29, 1.82) is 0 Å². The minimum Gasteiger partial charge on any atom is -0.488 e. The van der Waals surface area contributed by atoms with Gasteiger partial charge in [0.15, 0.2) is 0 Å². The third kappa shape index (κ3) is 4.08. The number of rotatable bonds is 5. The molecular formula is C25H20ClNO. The van der Waals surface area contributed by atoms with E-state index in [4.69, 9.17) is 16.3 Å². The largest absolute Gasteiger partial charge is 0.488 e. The van der Waals surface area contributed by atoms with E-state index in [1.165, 1.54) is 10.8 Å². The van der Waals surface area contributed by atoms with Crippen LogP contribution in [-0.2, 0) is 6.61 Å². The zero-order chi connectivity index (χ0) is 19.3. The normalized spacial score (nSPS) is 11.2. The van der Waals surface area contributed by atoms with Crippen LogP contribution in [0.15, 0.2) is 89.9 Å². The van der Waals surface area contributed by atoms with E-state index in [1.54, 1.807) is 0 Å². The third-order valence-electron chi connectivity index (χ3n) is 4.70. The van der Waals surface area contributed by atoms with Gasteiger partial charge in [-0.25, -0.2) is 0 Å². The second kappa shape index (κ2) is 8.28. The van der Waals surface area contributed by atoms with Gasteiger partial charge >= 0.3 is 0 Å². The number of aliphatic imine (C=N–C) groups is 1. The van der Waals surface area contributed by atoms with Crippen LogP contribution >= 0.6 is 11.6 Å². The van der Waals surface area contributed by atoms with Crippen molar-refractivity contribution in [2.24, 2.45) is 4.99 Å². The van der Waals surface area contributed by atoms with E-state index in [9.17, 15) is 0 Å². The maximum atomic E-state index is 6.16. The molecule has 0 atom stereocenters. The van der Waals surface area contributed by atoms with Crippen molar-refractivity contribution < 1.29 is 4.74 Å². The molecule has 4 rings (SSSR count). The molecule has 0 spiro atoms. The molecule has 0 aliphatic rings. The summed E-state index contributed by atoms with van der Waals surface area (Å²) in [5.41, 5.74) is 4.03. The number of para-hydroxylation sites is 1. The van der Waals surface area contributed by atoms with Crippen molar-refractivity contribution in [3.8, 4) is 5.75 Å². The number of benzene rings is 4. The summed E-state index contributed by atoms with van der Waals surface area (Å²) in [6, 6.07) is 28.3. The Morgan fingerprint density at radius 3 is 2.61 bits per heavy atom. The molecule has 0 heterocycles. The minimum absolute atomic E-state index is 0.502. The molecule has 0 fully saturated rings. The van der Waals surface area contributed by atoms with Crippen molar-refractivity contribution in [1.82, 2.24) is 0 Å². The molecule has 4 aromatic rings. The Hall–Kier alpha value is -3.10. The monoisotopic (exact) mass is 385 g/mol. The van der Waals surface area contributed by atoms with Crippen LogP contribution in [0.5, 0.6) is 5.75 Å². The highest BCUT2D eigenvalue weighted by molar-refractivity contribution is 6.30. The summed E-state index contributed by atoms with van der Waals surface area (Å²) in [6.07, 6.45) is 1.83. The third-order valence-corrected chi connectivity index (χ3v) is 4.93. The molecule has 0 aliphatic heterocycles. The van der Waals surface area contributed by atoms with Gasteiger partial charge in [0, 0.05) is 16.8 Å². The number of hydrogen-bond donors (Lipinski definition) is 0. The van der Waals surface area contributed by atoms with Crippen LogP contribution in [-0.4, -0.2) is 6.21 Å². The highest BCUT2D eigenvalue weighted by Crippen LogP contribution is 2.25. The van der Waals surface area contributed by atoms with Crippen molar-refractivity contribution in [2.45, 2.75) is 13.5 Å². The SMILES string of the molecule is Cc1ccc(Cl)cc1N=Cc1ccccc1OCc1cccc2ccccc12. The van der Waals surface area contributed by atoms with Crippen molar-refractivity contribution in [3.63, 3.8) is 0 Å². The van der Waals surface area contributed by atoms with Crippen LogP contribution < -0.4 is 4.74 Å². The van der Waals surface area contributed by atoms with Crippen LogP contribution in [0.4, 0.5) is 5.69 Å². The first-order valence-corrected chi connectivity index (χ1v) is 9.57. The second-order valence-corrected chi connectivity index (χ2v) is 7.09. The van der Waals surface area contributed by atoms with E-state index in [1.807, 2.05) is 55.6 Å². The topological polar surface area (TPSA) is 21.6 Å². The Bertz CT molecular complexity index is 1140. The molecular weight excluding hydrogens is 366 g/mol.